The van der Waals surface area contributed by atoms with Gasteiger partial charge in [-0.05, 0) is 50.9 Å². The van der Waals surface area contributed by atoms with Crippen LogP contribution in [0.2, 0.25) is 0 Å². The van der Waals surface area contributed by atoms with Crippen LogP contribution in [0.3, 0.4) is 0 Å². The number of likely N-dealkylation sites (tertiary alicyclic amines) is 1. The van der Waals surface area contributed by atoms with Crippen molar-refractivity contribution in [3.05, 3.63) is 24.0 Å². The minimum absolute atomic E-state index is 0.0150. The molecule has 0 amide bonds. The van der Waals surface area contributed by atoms with E-state index in [0.29, 0.717) is 35.6 Å². The van der Waals surface area contributed by atoms with Crippen LogP contribution >= 0.6 is 0 Å². The highest BCUT2D eigenvalue weighted by Crippen LogP contribution is 2.25. The van der Waals surface area contributed by atoms with Crippen molar-refractivity contribution in [2.75, 3.05) is 49.5 Å². The molecule has 192 valence electrons. The van der Waals surface area contributed by atoms with Gasteiger partial charge in [-0.1, -0.05) is 32.6 Å². The number of methoxy groups -OCH3 is 1. The molecule has 0 bridgehead atoms. The number of nitrogens with one attached hydrogen (secondary N) is 3. The van der Waals surface area contributed by atoms with E-state index in [1.165, 1.54) is 51.7 Å². The highest BCUT2D eigenvalue weighted by molar-refractivity contribution is 5.57. The number of likely N-dealkylation sites (N-methyl/N-ethyl adjacent to an activating group) is 1. The zero-order valence-electron chi connectivity index (χ0n) is 20.9. The van der Waals surface area contributed by atoms with Crippen molar-refractivity contribution < 1.29 is 13.9 Å². The molecular formula is C25H38FN7O2. The molecule has 1 aliphatic carbocycles. The van der Waals surface area contributed by atoms with E-state index >= 15 is 0 Å². The predicted molar refractivity (Wildman–Crippen MR) is 136 cm³/mol. The Balaban J connectivity index is 1.50. The van der Waals surface area contributed by atoms with Gasteiger partial charge in [0.2, 0.25) is 17.8 Å². The Hall–Kier alpha value is -2.72. The number of hydrogen-bond donors (Lipinski definition) is 3. The fourth-order valence-corrected chi connectivity index (χ4v) is 4.88. The van der Waals surface area contributed by atoms with E-state index in [9.17, 15) is 4.39 Å². The van der Waals surface area contributed by atoms with Crippen LogP contribution in [0.15, 0.2) is 18.2 Å². The van der Waals surface area contributed by atoms with Gasteiger partial charge in [-0.2, -0.15) is 15.0 Å². The number of hydrogen-bond acceptors (Lipinski definition) is 9. The Morgan fingerprint density at radius 3 is 2.51 bits per heavy atom. The maximum Gasteiger partial charge on any atom is 0.233 e. The van der Waals surface area contributed by atoms with Gasteiger partial charge in [-0.3, -0.25) is 4.90 Å². The molecule has 4 rings (SSSR count). The summed E-state index contributed by atoms with van der Waals surface area (Å²) >= 11 is 0. The van der Waals surface area contributed by atoms with Gasteiger partial charge in [0.25, 0.3) is 0 Å². The number of anilines is 4. The van der Waals surface area contributed by atoms with Crippen LogP contribution in [0.1, 0.15) is 58.3 Å². The van der Waals surface area contributed by atoms with E-state index in [1.807, 2.05) is 0 Å². The molecule has 2 heterocycles. The van der Waals surface area contributed by atoms with Crippen molar-refractivity contribution in [2.24, 2.45) is 0 Å². The molecule has 2 aliphatic rings. The average Bonchev–Trinajstić information content (AvgIpc) is 3.16. The molecule has 1 unspecified atom stereocenters. The van der Waals surface area contributed by atoms with Gasteiger partial charge < -0.3 is 25.4 Å². The Morgan fingerprint density at radius 2 is 1.77 bits per heavy atom. The van der Waals surface area contributed by atoms with Crippen LogP contribution in [0, 0.1) is 5.82 Å². The van der Waals surface area contributed by atoms with Gasteiger partial charge in [0.15, 0.2) is 18.4 Å². The zero-order valence-corrected chi connectivity index (χ0v) is 20.9. The third-order valence-corrected chi connectivity index (χ3v) is 6.75. The molecule has 1 saturated carbocycles. The second kappa shape index (κ2) is 12.8. The largest absolute Gasteiger partial charge is 0.464 e. The average molecular weight is 488 g/mol. The standard InChI is InChI=1S/C25H38FN7O2/c1-3-33-14-8-11-20(33)16-27-23-30-24(28-18-9-6-4-5-7-10-18)32-25(31-23)29-19-12-13-22(21(26)15-19)35-17-34-2/h12-13,15,18,20H,3-11,14,16-17H2,1-2H3,(H3,27,28,29,30,31,32). The van der Waals surface area contributed by atoms with Crippen molar-refractivity contribution >= 4 is 23.5 Å². The molecule has 0 radical (unpaired) electrons. The lowest BCUT2D eigenvalue weighted by Gasteiger charge is -2.23. The summed E-state index contributed by atoms with van der Waals surface area (Å²) in [6.07, 6.45) is 9.58. The topological polar surface area (TPSA) is 96.5 Å². The highest BCUT2D eigenvalue weighted by atomic mass is 19.1. The molecular weight excluding hydrogens is 449 g/mol. The summed E-state index contributed by atoms with van der Waals surface area (Å²) in [6, 6.07) is 5.46. The smallest absolute Gasteiger partial charge is 0.233 e. The lowest BCUT2D eigenvalue weighted by atomic mass is 10.1. The first-order chi connectivity index (χ1) is 17.1. The fourth-order valence-electron chi connectivity index (χ4n) is 4.88. The van der Waals surface area contributed by atoms with Crippen molar-refractivity contribution in [3.8, 4) is 5.75 Å². The maximum absolute atomic E-state index is 14.4. The lowest BCUT2D eigenvalue weighted by Crippen LogP contribution is -2.35. The normalized spacial score (nSPS) is 19.3. The molecule has 3 N–H and O–H groups in total. The second-order valence-electron chi connectivity index (χ2n) is 9.27. The molecule has 1 aromatic carbocycles. The molecule has 9 nitrogen and oxygen atoms in total. The van der Waals surface area contributed by atoms with Gasteiger partial charge in [-0.15, -0.1) is 0 Å². The molecule has 2 aromatic rings. The lowest BCUT2D eigenvalue weighted by molar-refractivity contribution is 0.0483. The SMILES string of the molecule is CCN1CCCC1CNc1nc(Nc2ccc(OCOC)c(F)c2)nc(NC2CCCCCC2)n1. The van der Waals surface area contributed by atoms with Crippen LogP contribution in [0.5, 0.6) is 5.75 Å². The van der Waals surface area contributed by atoms with Crippen molar-refractivity contribution in [1.29, 1.82) is 0 Å². The van der Waals surface area contributed by atoms with E-state index in [-0.39, 0.29) is 12.5 Å². The zero-order chi connectivity index (χ0) is 24.5. The molecule has 1 aliphatic heterocycles. The summed E-state index contributed by atoms with van der Waals surface area (Å²) < 4.78 is 24.5. The third-order valence-electron chi connectivity index (χ3n) is 6.75. The Labute approximate surface area is 207 Å². The van der Waals surface area contributed by atoms with E-state index in [4.69, 9.17) is 9.47 Å². The molecule has 1 saturated heterocycles. The number of aromatic nitrogens is 3. The molecule has 1 atom stereocenters. The quantitative estimate of drug-likeness (QED) is 0.306. The first kappa shape index (κ1) is 25.4. The summed E-state index contributed by atoms with van der Waals surface area (Å²) in [6.45, 7) is 5.14. The van der Waals surface area contributed by atoms with E-state index in [0.717, 1.165) is 32.5 Å². The fraction of sp³-hybridized carbons (Fsp3) is 0.640. The molecule has 1 aromatic heterocycles. The summed E-state index contributed by atoms with van der Waals surface area (Å²) in [5, 5.41) is 10.1. The van der Waals surface area contributed by atoms with Crippen LogP contribution < -0.4 is 20.7 Å². The number of benzene rings is 1. The molecule has 10 heteroatoms. The van der Waals surface area contributed by atoms with Crippen LogP contribution in [0.4, 0.5) is 27.9 Å². The monoisotopic (exact) mass is 487 g/mol. The Bertz CT molecular complexity index is 940. The molecule has 0 spiro atoms. The van der Waals surface area contributed by atoms with Gasteiger partial charge in [-0.25, -0.2) is 4.39 Å². The number of halogens is 1. The van der Waals surface area contributed by atoms with Crippen molar-refractivity contribution in [3.63, 3.8) is 0 Å². The molecule has 2 fully saturated rings. The maximum atomic E-state index is 14.4. The minimum atomic E-state index is -0.489. The van der Waals surface area contributed by atoms with E-state index in [1.54, 1.807) is 12.1 Å². The Morgan fingerprint density at radius 1 is 1.00 bits per heavy atom. The molecule has 35 heavy (non-hydrogen) atoms. The van der Waals surface area contributed by atoms with Gasteiger partial charge >= 0.3 is 0 Å². The number of rotatable bonds is 11. The number of ether oxygens (including phenoxy) is 2. The van der Waals surface area contributed by atoms with Gasteiger partial charge in [0.1, 0.15) is 0 Å². The second-order valence-corrected chi connectivity index (χ2v) is 9.27. The predicted octanol–water partition coefficient (Wildman–Crippen LogP) is 4.77. The van der Waals surface area contributed by atoms with Gasteiger partial charge in [0.05, 0.1) is 0 Å². The minimum Gasteiger partial charge on any atom is -0.464 e. The van der Waals surface area contributed by atoms with E-state index in [2.05, 4.69) is 42.7 Å². The number of nitrogens with zero attached hydrogens (tertiary/aromatic N) is 4. The van der Waals surface area contributed by atoms with Crippen molar-refractivity contribution in [2.45, 2.75) is 70.4 Å². The summed E-state index contributed by atoms with van der Waals surface area (Å²) in [7, 11) is 1.49. The van der Waals surface area contributed by atoms with Gasteiger partial charge in [0, 0.05) is 37.5 Å². The van der Waals surface area contributed by atoms with E-state index < -0.39 is 5.82 Å². The summed E-state index contributed by atoms with van der Waals surface area (Å²) in [5.74, 6) is 1.06. The highest BCUT2D eigenvalue weighted by Gasteiger charge is 2.23. The summed E-state index contributed by atoms with van der Waals surface area (Å²) in [5.41, 5.74) is 0.526. The third kappa shape index (κ3) is 7.38. The first-order valence-electron chi connectivity index (χ1n) is 12.8. The summed E-state index contributed by atoms with van der Waals surface area (Å²) in [4.78, 5) is 16.3. The Kier molecular flexibility index (Phi) is 9.30. The van der Waals surface area contributed by atoms with Crippen molar-refractivity contribution in [1.82, 2.24) is 19.9 Å². The van der Waals surface area contributed by atoms with Crippen LogP contribution in [0.25, 0.3) is 0 Å². The van der Waals surface area contributed by atoms with Crippen LogP contribution in [-0.4, -0.2) is 65.5 Å². The van der Waals surface area contributed by atoms with Crippen LogP contribution in [-0.2, 0) is 4.74 Å². The first-order valence-corrected chi connectivity index (χ1v) is 12.8.